The van der Waals surface area contributed by atoms with E-state index in [2.05, 4.69) is 15.5 Å². The van der Waals surface area contributed by atoms with Crippen LogP contribution in [0.3, 0.4) is 0 Å². The van der Waals surface area contributed by atoms with Gasteiger partial charge in [0, 0.05) is 5.56 Å². The van der Waals surface area contributed by atoms with Crippen LogP contribution in [-0.2, 0) is 0 Å². The Morgan fingerprint density at radius 3 is 2.95 bits per heavy atom. The third kappa shape index (κ3) is 3.32. The number of benzene rings is 1. The number of carbonyl (C=O) groups is 1. The van der Waals surface area contributed by atoms with Crippen LogP contribution >= 0.6 is 22.7 Å². The zero-order chi connectivity index (χ0) is 15.4. The normalized spacial score (nSPS) is 10.4. The van der Waals surface area contributed by atoms with Crippen LogP contribution < -0.4 is 10.1 Å². The van der Waals surface area contributed by atoms with Crippen LogP contribution in [0.4, 0.5) is 5.13 Å². The van der Waals surface area contributed by atoms with Crippen molar-refractivity contribution in [3.8, 4) is 15.6 Å². The summed E-state index contributed by atoms with van der Waals surface area (Å²) in [6, 6.07) is 11.0. The van der Waals surface area contributed by atoms with E-state index in [4.69, 9.17) is 4.74 Å². The van der Waals surface area contributed by atoms with Gasteiger partial charge in [0.25, 0.3) is 5.91 Å². The Hall–Kier alpha value is -2.25. The third-order valence-electron chi connectivity index (χ3n) is 2.78. The molecule has 22 heavy (non-hydrogen) atoms. The van der Waals surface area contributed by atoms with Crippen LogP contribution in [0.25, 0.3) is 9.88 Å². The molecule has 0 radical (unpaired) electrons. The number of anilines is 1. The first-order valence-corrected chi connectivity index (χ1v) is 8.37. The molecule has 2 aromatic heterocycles. The number of amides is 1. The Bertz CT molecular complexity index is 769. The van der Waals surface area contributed by atoms with Crippen LogP contribution in [0, 0.1) is 0 Å². The summed E-state index contributed by atoms with van der Waals surface area (Å²) in [5.74, 6) is 0.446. The topological polar surface area (TPSA) is 64.1 Å². The highest BCUT2D eigenvalue weighted by Gasteiger charge is 2.12. The number of hydrogen-bond donors (Lipinski definition) is 1. The van der Waals surface area contributed by atoms with Crippen LogP contribution in [0.1, 0.15) is 17.3 Å². The largest absolute Gasteiger partial charge is 0.494 e. The number of aromatic nitrogens is 2. The molecular formula is C15H13N3O2S2. The van der Waals surface area contributed by atoms with E-state index in [-0.39, 0.29) is 5.91 Å². The molecular weight excluding hydrogens is 318 g/mol. The Balaban J connectivity index is 1.73. The number of nitrogens with zero attached hydrogens (tertiary/aromatic N) is 2. The average Bonchev–Trinajstić information content (AvgIpc) is 3.18. The zero-order valence-electron chi connectivity index (χ0n) is 11.8. The minimum absolute atomic E-state index is 0.226. The summed E-state index contributed by atoms with van der Waals surface area (Å²) in [4.78, 5) is 13.3. The Morgan fingerprint density at radius 1 is 1.27 bits per heavy atom. The maximum Gasteiger partial charge on any atom is 0.257 e. The van der Waals surface area contributed by atoms with Gasteiger partial charge in [-0.15, -0.1) is 21.5 Å². The van der Waals surface area contributed by atoms with Gasteiger partial charge in [0.05, 0.1) is 11.5 Å². The van der Waals surface area contributed by atoms with Gasteiger partial charge in [0.15, 0.2) is 5.01 Å². The number of nitrogens with one attached hydrogen (secondary N) is 1. The van der Waals surface area contributed by atoms with Gasteiger partial charge in [-0.2, -0.15) is 0 Å². The second-order valence-electron chi connectivity index (χ2n) is 4.30. The van der Waals surface area contributed by atoms with E-state index in [1.165, 1.54) is 11.3 Å². The number of hydrogen-bond acceptors (Lipinski definition) is 6. The fraction of sp³-hybridized carbons (Fsp3) is 0.133. The number of ether oxygens (including phenoxy) is 1. The molecule has 0 aliphatic carbocycles. The van der Waals surface area contributed by atoms with Crippen molar-refractivity contribution in [1.82, 2.24) is 10.2 Å². The molecule has 112 valence electrons. The predicted octanol–water partition coefficient (Wildman–Crippen LogP) is 3.92. The molecule has 0 aliphatic rings. The molecule has 0 fully saturated rings. The molecule has 0 saturated carbocycles. The zero-order valence-corrected chi connectivity index (χ0v) is 13.4. The highest BCUT2D eigenvalue weighted by Crippen LogP contribution is 2.29. The molecule has 0 bridgehead atoms. The second-order valence-corrected chi connectivity index (χ2v) is 6.23. The maximum absolute atomic E-state index is 12.2. The molecule has 1 aromatic carbocycles. The van der Waals surface area contributed by atoms with Crippen LogP contribution in [0.2, 0.25) is 0 Å². The van der Waals surface area contributed by atoms with Gasteiger partial charge in [-0.3, -0.25) is 10.1 Å². The van der Waals surface area contributed by atoms with Crippen LogP contribution in [-0.4, -0.2) is 22.7 Å². The van der Waals surface area contributed by atoms with Crippen molar-refractivity contribution in [1.29, 1.82) is 0 Å². The van der Waals surface area contributed by atoms with Crippen molar-refractivity contribution in [2.24, 2.45) is 0 Å². The highest BCUT2D eigenvalue weighted by atomic mass is 32.1. The quantitative estimate of drug-likeness (QED) is 0.769. The smallest absolute Gasteiger partial charge is 0.257 e. The minimum Gasteiger partial charge on any atom is -0.494 e. The first-order chi connectivity index (χ1) is 10.8. The molecule has 1 N–H and O–H groups in total. The lowest BCUT2D eigenvalue weighted by atomic mass is 10.2. The molecule has 0 atom stereocenters. The summed E-state index contributed by atoms with van der Waals surface area (Å²) in [6.45, 7) is 2.46. The Morgan fingerprint density at radius 2 is 2.18 bits per heavy atom. The monoisotopic (exact) mass is 331 g/mol. The van der Waals surface area contributed by atoms with Gasteiger partial charge in [-0.1, -0.05) is 23.5 Å². The lowest BCUT2D eigenvalue weighted by molar-refractivity contribution is 0.102. The van der Waals surface area contributed by atoms with E-state index in [0.717, 1.165) is 9.88 Å². The van der Waals surface area contributed by atoms with Crippen molar-refractivity contribution in [3.05, 3.63) is 47.3 Å². The summed E-state index contributed by atoms with van der Waals surface area (Å²) >= 11 is 2.94. The van der Waals surface area contributed by atoms with Crippen molar-refractivity contribution in [2.45, 2.75) is 6.92 Å². The lowest BCUT2D eigenvalue weighted by Crippen LogP contribution is -2.11. The van der Waals surface area contributed by atoms with Crippen molar-refractivity contribution in [3.63, 3.8) is 0 Å². The fourth-order valence-electron chi connectivity index (χ4n) is 1.84. The summed E-state index contributed by atoms with van der Waals surface area (Å²) in [5, 5.41) is 14.1. The molecule has 3 rings (SSSR count). The van der Waals surface area contributed by atoms with E-state index in [1.54, 1.807) is 29.5 Å². The van der Waals surface area contributed by atoms with E-state index in [1.807, 2.05) is 30.5 Å². The standard InChI is InChI=1S/C15H13N3O2S2/c1-2-20-11-6-3-5-10(9-11)13(19)16-15-18-17-14(22-15)12-7-4-8-21-12/h3-9H,2H2,1H3,(H,16,18,19). The van der Waals surface area contributed by atoms with Gasteiger partial charge in [-0.25, -0.2) is 0 Å². The summed E-state index contributed by atoms with van der Waals surface area (Å²) in [6.07, 6.45) is 0. The first-order valence-electron chi connectivity index (χ1n) is 6.68. The molecule has 0 saturated heterocycles. The molecule has 3 aromatic rings. The predicted molar refractivity (Wildman–Crippen MR) is 88.8 cm³/mol. The molecule has 1 amide bonds. The molecule has 0 unspecified atom stereocenters. The molecule has 7 heteroatoms. The van der Waals surface area contributed by atoms with E-state index >= 15 is 0 Å². The summed E-state index contributed by atoms with van der Waals surface area (Å²) < 4.78 is 5.40. The van der Waals surface area contributed by atoms with Gasteiger partial charge in [0.1, 0.15) is 5.75 Å². The number of thiophene rings is 1. The molecule has 0 aliphatic heterocycles. The second kappa shape index (κ2) is 6.67. The first kappa shape index (κ1) is 14.7. The Kier molecular flexibility index (Phi) is 4.45. The third-order valence-corrected chi connectivity index (χ3v) is 4.66. The lowest BCUT2D eigenvalue weighted by Gasteiger charge is -2.05. The van der Waals surface area contributed by atoms with Gasteiger partial charge >= 0.3 is 0 Å². The van der Waals surface area contributed by atoms with Gasteiger partial charge < -0.3 is 4.74 Å². The average molecular weight is 331 g/mol. The van der Waals surface area contributed by atoms with Crippen LogP contribution in [0.5, 0.6) is 5.75 Å². The highest BCUT2D eigenvalue weighted by molar-refractivity contribution is 7.23. The Labute approximate surface area is 135 Å². The van der Waals surface area contributed by atoms with E-state index < -0.39 is 0 Å². The molecule has 5 nitrogen and oxygen atoms in total. The molecule has 2 heterocycles. The van der Waals surface area contributed by atoms with Gasteiger partial charge in [0.2, 0.25) is 5.13 Å². The van der Waals surface area contributed by atoms with Crippen molar-refractivity contribution >= 4 is 33.7 Å². The van der Waals surface area contributed by atoms with E-state index in [9.17, 15) is 4.79 Å². The minimum atomic E-state index is -0.226. The summed E-state index contributed by atoms with van der Waals surface area (Å²) in [7, 11) is 0. The fourth-order valence-corrected chi connectivity index (χ4v) is 3.37. The van der Waals surface area contributed by atoms with E-state index in [0.29, 0.717) is 23.1 Å². The maximum atomic E-state index is 12.2. The number of rotatable bonds is 5. The van der Waals surface area contributed by atoms with Crippen LogP contribution in [0.15, 0.2) is 41.8 Å². The molecule has 0 spiro atoms. The van der Waals surface area contributed by atoms with Gasteiger partial charge in [-0.05, 0) is 36.6 Å². The SMILES string of the molecule is CCOc1cccc(C(=O)Nc2nnc(-c3cccs3)s2)c1. The van der Waals surface area contributed by atoms with Crippen molar-refractivity contribution in [2.75, 3.05) is 11.9 Å². The number of carbonyl (C=O) groups excluding carboxylic acids is 1. The van der Waals surface area contributed by atoms with Crippen molar-refractivity contribution < 1.29 is 9.53 Å². The summed E-state index contributed by atoms with van der Waals surface area (Å²) in [5.41, 5.74) is 0.527.